The highest BCUT2D eigenvalue weighted by Crippen LogP contribution is 2.42. The lowest BCUT2D eigenvalue weighted by Gasteiger charge is -2.24. The molecule has 0 saturated heterocycles. The van der Waals surface area contributed by atoms with Gasteiger partial charge in [-0.05, 0) is 62.2 Å². The van der Waals surface area contributed by atoms with Crippen molar-refractivity contribution < 1.29 is 19.1 Å². The number of anilines is 1. The highest BCUT2D eigenvalue weighted by atomic mass is 35.5. The van der Waals surface area contributed by atoms with Gasteiger partial charge >= 0.3 is 7.60 Å². The number of aryl methyl sites for hydroxylation is 1. The SMILES string of the molecule is CCN(CC)C(=O)c1nn(C)c2cc(N(CP(=O)(O)O)Sc3cc(Cl)cc(Cl)c3)ccc12. The Kier molecular flexibility index (Phi) is 7.81. The highest BCUT2D eigenvalue weighted by Gasteiger charge is 2.24. The number of hydrogen-bond acceptors (Lipinski definition) is 5. The third kappa shape index (κ3) is 5.78. The van der Waals surface area contributed by atoms with E-state index < -0.39 is 13.9 Å². The van der Waals surface area contributed by atoms with E-state index in [4.69, 9.17) is 23.2 Å². The van der Waals surface area contributed by atoms with Gasteiger partial charge in [-0.1, -0.05) is 23.2 Å². The number of rotatable bonds is 8. The topological polar surface area (TPSA) is 98.9 Å². The maximum absolute atomic E-state index is 12.9. The Morgan fingerprint density at radius 1 is 1.12 bits per heavy atom. The Hall–Kier alpha value is -1.74. The van der Waals surface area contributed by atoms with Crippen LogP contribution in [0, 0.1) is 0 Å². The van der Waals surface area contributed by atoms with E-state index in [1.165, 1.54) is 4.31 Å². The van der Waals surface area contributed by atoms with Crippen molar-refractivity contribution in [3.63, 3.8) is 0 Å². The zero-order valence-electron chi connectivity index (χ0n) is 17.7. The van der Waals surface area contributed by atoms with E-state index in [0.717, 1.165) is 11.9 Å². The molecule has 2 aromatic carbocycles. The minimum absolute atomic E-state index is 0.164. The van der Waals surface area contributed by atoms with Crippen LogP contribution in [0.2, 0.25) is 10.0 Å². The third-order valence-corrected chi connectivity index (χ3v) is 7.03. The predicted molar refractivity (Wildman–Crippen MR) is 130 cm³/mol. The van der Waals surface area contributed by atoms with Crippen molar-refractivity contribution in [1.29, 1.82) is 0 Å². The van der Waals surface area contributed by atoms with E-state index in [9.17, 15) is 19.1 Å². The van der Waals surface area contributed by atoms with Crippen LogP contribution in [0.5, 0.6) is 0 Å². The van der Waals surface area contributed by atoms with E-state index in [-0.39, 0.29) is 5.91 Å². The fourth-order valence-electron chi connectivity index (χ4n) is 3.26. The number of amides is 1. The monoisotopic (exact) mass is 516 g/mol. The van der Waals surface area contributed by atoms with E-state index in [2.05, 4.69) is 5.10 Å². The molecule has 1 heterocycles. The largest absolute Gasteiger partial charge is 0.345 e. The quantitative estimate of drug-likeness (QED) is 0.320. The summed E-state index contributed by atoms with van der Waals surface area (Å²) in [6, 6.07) is 10.1. The van der Waals surface area contributed by atoms with Gasteiger partial charge in [-0.2, -0.15) is 5.10 Å². The van der Waals surface area contributed by atoms with Crippen molar-refractivity contribution in [1.82, 2.24) is 14.7 Å². The summed E-state index contributed by atoms with van der Waals surface area (Å²) in [6.07, 6.45) is -0.531. The second-order valence-electron chi connectivity index (χ2n) is 7.03. The average Bonchev–Trinajstić information content (AvgIpc) is 3.02. The first-order valence-corrected chi connectivity index (χ1v) is 13.1. The third-order valence-electron chi connectivity index (χ3n) is 4.74. The summed E-state index contributed by atoms with van der Waals surface area (Å²) in [5, 5.41) is 5.90. The van der Waals surface area contributed by atoms with Crippen LogP contribution in [0.4, 0.5) is 5.69 Å². The Bertz CT molecular complexity index is 1180. The average molecular weight is 517 g/mol. The van der Waals surface area contributed by atoms with Crippen LogP contribution in [-0.4, -0.2) is 49.7 Å². The van der Waals surface area contributed by atoms with Crippen LogP contribution >= 0.6 is 42.7 Å². The fourth-order valence-corrected chi connectivity index (χ4v) is 5.93. The van der Waals surface area contributed by atoms with Crippen molar-refractivity contribution in [3.8, 4) is 0 Å². The van der Waals surface area contributed by atoms with Crippen molar-refractivity contribution >= 4 is 65.2 Å². The number of aromatic nitrogens is 2. The number of fused-ring (bicyclic) bond motifs is 1. The van der Waals surface area contributed by atoms with Gasteiger partial charge in [-0.3, -0.25) is 18.3 Å². The number of benzene rings is 2. The Labute approximate surface area is 200 Å². The highest BCUT2D eigenvalue weighted by molar-refractivity contribution is 8.01. The molecule has 0 bridgehead atoms. The summed E-state index contributed by atoms with van der Waals surface area (Å²) in [7, 11) is -2.67. The molecule has 0 aliphatic heterocycles. The predicted octanol–water partition coefficient (Wildman–Crippen LogP) is 5.01. The molecule has 0 aliphatic carbocycles. The van der Waals surface area contributed by atoms with Gasteiger partial charge in [0.2, 0.25) is 0 Å². The van der Waals surface area contributed by atoms with Gasteiger partial charge in [0, 0.05) is 40.5 Å². The summed E-state index contributed by atoms with van der Waals surface area (Å²) >= 11 is 13.3. The van der Waals surface area contributed by atoms with Gasteiger partial charge < -0.3 is 14.7 Å². The minimum atomic E-state index is -4.40. The first-order chi connectivity index (χ1) is 15.0. The molecule has 0 radical (unpaired) electrons. The zero-order valence-corrected chi connectivity index (χ0v) is 20.9. The molecule has 0 unspecified atom stereocenters. The molecule has 1 amide bonds. The van der Waals surface area contributed by atoms with Crippen LogP contribution in [0.25, 0.3) is 10.9 Å². The summed E-state index contributed by atoms with van der Waals surface area (Å²) in [5.41, 5.74) is 1.54. The fraction of sp³-hybridized carbons (Fsp3) is 0.300. The molecular weight excluding hydrogens is 494 g/mol. The standard InChI is InChI=1S/C20H23Cl2N4O4PS/c1-4-25(5-2)20(27)19-17-7-6-15(11-18(17)24(3)23-19)26(12-31(28,29)30)32-16-9-13(21)8-14(22)10-16/h6-11H,4-5,12H2,1-3H3,(H2,28,29,30). The van der Waals surface area contributed by atoms with Crippen LogP contribution in [-0.2, 0) is 11.6 Å². The number of carbonyl (C=O) groups excluding carboxylic acids is 1. The summed E-state index contributed by atoms with van der Waals surface area (Å²) < 4.78 is 14.9. The molecular formula is C20H23Cl2N4O4PS. The second kappa shape index (κ2) is 10.0. The van der Waals surface area contributed by atoms with Gasteiger partial charge in [0.1, 0.15) is 6.29 Å². The molecule has 12 heteroatoms. The Balaban J connectivity index is 2.04. The van der Waals surface area contributed by atoms with Gasteiger partial charge in [-0.25, -0.2) is 0 Å². The van der Waals surface area contributed by atoms with Crippen LogP contribution in [0.3, 0.4) is 0 Å². The Morgan fingerprint density at radius 3 is 2.31 bits per heavy atom. The molecule has 8 nitrogen and oxygen atoms in total. The van der Waals surface area contributed by atoms with Crippen molar-refractivity contribution in [2.45, 2.75) is 18.7 Å². The number of nitrogens with zero attached hydrogens (tertiary/aromatic N) is 4. The van der Waals surface area contributed by atoms with E-state index in [0.29, 0.717) is 50.3 Å². The summed E-state index contributed by atoms with van der Waals surface area (Å²) in [6.45, 7) is 4.95. The first kappa shape index (κ1) is 24.9. The summed E-state index contributed by atoms with van der Waals surface area (Å²) in [4.78, 5) is 34.4. The zero-order chi connectivity index (χ0) is 23.6. The summed E-state index contributed by atoms with van der Waals surface area (Å²) in [5.74, 6) is -0.164. The van der Waals surface area contributed by atoms with Crippen molar-refractivity contribution in [3.05, 3.63) is 52.1 Å². The van der Waals surface area contributed by atoms with E-state index in [1.807, 2.05) is 13.8 Å². The molecule has 1 aromatic heterocycles. The number of halogens is 2. The maximum atomic E-state index is 12.9. The normalized spacial score (nSPS) is 11.7. The number of hydrogen-bond donors (Lipinski definition) is 2. The van der Waals surface area contributed by atoms with E-state index in [1.54, 1.807) is 53.0 Å². The molecule has 0 atom stereocenters. The molecule has 3 aromatic rings. The smallest absolute Gasteiger partial charge is 0.338 e. The van der Waals surface area contributed by atoms with Gasteiger partial charge in [0.05, 0.1) is 11.2 Å². The molecule has 2 N–H and O–H groups in total. The maximum Gasteiger partial charge on any atom is 0.345 e. The lowest BCUT2D eigenvalue weighted by atomic mass is 10.1. The molecule has 32 heavy (non-hydrogen) atoms. The second-order valence-corrected chi connectivity index (χ2v) is 10.6. The van der Waals surface area contributed by atoms with Crippen molar-refractivity contribution in [2.75, 3.05) is 23.7 Å². The molecule has 0 saturated carbocycles. The number of carbonyl (C=O) groups is 1. The van der Waals surface area contributed by atoms with Gasteiger partial charge in [0.15, 0.2) is 5.69 Å². The molecule has 0 aliphatic rings. The first-order valence-electron chi connectivity index (χ1n) is 9.74. The van der Waals surface area contributed by atoms with Gasteiger partial charge in [0.25, 0.3) is 5.91 Å². The van der Waals surface area contributed by atoms with Gasteiger partial charge in [-0.15, -0.1) is 0 Å². The lowest BCUT2D eigenvalue weighted by Crippen LogP contribution is -2.31. The molecule has 0 spiro atoms. The van der Waals surface area contributed by atoms with Crippen LogP contribution in [0.15, 0.2) is 41.3 Å². The van der Waals surface area contributed by atoms with Crippen LogP contribution in [0.1, 0.15) is 24.3 Å². The lowest BCUT2D eigenvalue weighted by molar-refractivity contribution is 0.0768. The van der Waals surface area contributed by atoms with Crippen LogP contribution < -0.4 is 4.31 Å². The van der Waals surface area contributed by atoms with Crippen molar-refractivity contribution in [2.24, 2.45) is 7.05 Å². The Morgan fingerprint density at radius 2 is 1.75 bits per heavy atom. The molecule has 3 rings (SSSR count). The van der Waals surface area contributed by atoms with E-state index >= 15 is 0 Å². The molecule has 172 valence electrons. The molecule has 0 fully saturated rings. The minimum Gasteiger partial charge on any atom is -0.338 e.